The number of fused-ring (bicyclic) bond motifs is 3. The average Bonchev–Trinajstić information content (AvgIpc) is 2.57. The lowest BCUT2D eigenvalue weighted by molar-refractivity contribution is -0.129. The molecule has 9 radical (unpaired) electrons. The first-order chi connectivity index (χ1) is 11.3. The molecule has 0 atom stereocenters. The largest absolute Gasteiger partial charge is 0.497 e. The molecule has 3 rings (SSSR count). The maximum absolute atomic E-state index is 12.8. The summed E-state index contributed by atoms with van der Waals surface area (Å²) < 4.78 is 6.21. The van der Waals surface area contributed by atoms with Crippen molar-refractivity contribution in [3.05, 3.63) is 33.1 Å². The van der Waals surface area contributed by atoms with E-state index in [4.69, 9.17) is 9.57 Å². The minimum absolute atomic E-state index is 0.0452. The van der Waals surface area contributed by atoms with E-state index in [9.17, 15) is 14.4 Å². The van der Waals surface area contributed by atoms with Crippen LogP contribution < -0.4 is 30.9 Å². The summed E-state index contributed by atoms with van der Waals surface area (Å²) in [6.07, 6.45) is 0. The van der Waals surface area contributed by atoms with Crippen molar-refractivity contribution in [3.8, 4) is 5.75 Å². The predicted octanol–water partition coefficient (Wildman–Crippen LogP) is -3.43. The van der Waals surface area contributed by atoms with Gasteiger partial charge < -0.3 is 9.57 Å². The van der Waals surface area contributed by atoms with Crippen LogP contribution in [0.2, 0.25) is 0 Å². The van der Waals surface area contributed by atoms with Crippen molar-refractivity contribution in [3.63, 3.8) is 0 Å². The maximum Gasteiger partial charge on any atom is 0.291 e. The summed E-state index contributed by atoms with van der Waals surface area (Å²) in [5, 5.41) is 1.77. The molecule has 1 aromatic carbocycles. The molecule has 0 bridgehead atoms. The van der Waals surface area contributed by atoms with Gasteiger partial charge in [0.05, 0.1) is 43.2 Å². The molecule has 0 amide bonds. The molecule has 9 heteroatoms. The number of nitrogens with zero attached hydrogens (tertiary/aromatic N) is 1. The highest BCUT2D eigenvalue weighted by Gasteiger charge is 2.27. The molecule has 0 spiro atoms. The van der Waals surface area contributed by atoms with Crippen molar-refractivity contribution in [2.45, 2.75) is 0 Å². The molecular formula is C15H8NO5Si3. The number of pyridine rings is 1. The van der Waals surface area contributed by atoms with Gasteiger partial charge in [0.1, 0.15) is 12.9 Å². The number of hydrogen-bond acceptors (Lipinski definition) is 5. The van der Waals surface area contributed by atoms with Crippen LogP contribution in [0.25, 0.3) is 21.2 Å². The van der Waals surface area contributed by atoms with E-state index in [0.717, 1.165) is 4.73 Å². The zero-order chi connectivity index (χ0) is 17.8. The lowest BCUT2D eigenvalue weighted by Crippen LogP contribution is -2.53. The normalized spacial score (nSPS) is 14.2. The number of hydrogen-bond donors (Lipinski definition) is 0. The third-order valence-electron chi connectivity index (χ3n) is 3.78. The summed E-state index contributed by atoms with van der Waals surface area (Å²) in [4.78, 5) is 42.3. The average molecular weight is 366 g/mol. The summed E-state index contributed by atoms with van der Waals surface area (Å²) >= 11 is 0. The summed E-state index contributed by atoms with van der Waals surface area (Å²) in [5.74, 6) is -0.996. The van der Waals surface area contributed by atoms with E-state index in [1.165, 1.54) is 14.2 Å². The lowest BCUT2D eigenvalue weighted by atomic mass is 10.0. The Balaban J connectivity index is 2.83. The van der Waals surface area contributed by atoms with Crippen molar-refractivity contribution in [2.24, 2.45) is 0 Å². The van der Waals surface area contributed by atoms with Gasteiger partial charge in [0.2, 0.25) is 11.6 Å². The van der Waals surface area contributed by atoms with Crippen LogP contribution >= 0.6 is 0 Å². The van der Waals surface area contributed by atoms with Gasteiger partial charge in [0.15, 0.2) is 0 Å². The number of rotatable bonds is 2. The highest BCUT2D eigenvalue weighted by Crippen LogP contribution is 2.14. The molecule has 0 saturated carbocycles. The Bertz CT molecular complexity index is 1120. The summed E-state index contributed by atoms with van der Waals surface area (Å²) in [7, 11) is 12.6. The second kappa shape index (κ2) is 5.69. The van der Waals surface area contributed by atoms with Gasteiger partial charge in [-0.05, 0) is 17.3 Å². The molecule has 0 saturated heterocycles. The fraction of sp³-hybridized carbons (Fsp3) is 0.133. The number of aromatic nitrogens is 1. The SMILES string of the molecule is COc1cc([Si])c2c(=O)n(OC)c3c(c2c1)=C([Si])C(=O)C(=O)C=3[Si]. The molecule has 0 fully saturated rings. The van der Waals surface area contributed by atoms with Gasteiger partial charge >= 0.3 is 0 Å². The molecule has 1 aliphatic rings. The Labute approximate surface area is 146 Å². The molecular weight excluding hydrogens is 358 g/mol. The van der Waals surface area contributed by atoms with Gasteiger partial charge in [-0.2, -0.15) is 0 Å². The van der Waals surface area contributed by atoms with Crippen LogP contribution in [0.15, 0.2) is 16.9 Å². The quantitative estimate of drug-likeness (QED) is 0.409. The van der Waals surface area contributed by atoms with E-state index in [-0.39, 0.29) is 15.7 Å². The molecule has 1 heterocycles. The number of ether oxygens (including phenoxy) is 1. The molecule has 6 nitrogen and oxygen atoms in total. The van der Waals surface area contributed by atoms with Crippen molar-refractivity contribution in [1.29, 1.82) is 0 Å². The number of carbonyl (C=O) groups excluding carboxylic acids is 2. The van der Waals surface area contributed by atoms with Gasteiger partial charge in [0, 0.05) is 21.2 Å². The minimum atomic E-state index is -0.768. The fourth-order valence-corrected chi connectivity index (χ4v) is 3.79. The van der Waals surface area contributed by atoms with Gasteiger partial charge in [-0.3, -0.25) is 14.4 Å². The standard InChI is InChI=1S/C15H8NO5Si3/c1-20-5-3-6-8(7(22)4-5)15(19)16(21-2)10-9(6)13(23)11(17)12(18)14(10)24/h3-4H,1-2H3. The van der Waals surface area contributed by atoms with Gasteiger partial charge in [-0.25, -0.2) is 0 Å². The molecule has 115 valence electrons. The molecule has 0 aliphatic heterocycles. The monoisotopic (exact) mass is 366 g/mol. The van der Waals surface area contributed by atoms with E-state index in [1.807, 2.05) is 0 Å². The van der Waals surface area contributed by atoms with Crippen molar-refractivity contribution >= 4 is 68.6 Å². The van der Waals surface area contributed by atoms with E-state index in [0.29, 0.717) is 26.9 Å². The Morgan fingerprint density at radius 3 is 2.17 bits per heavy atom. The molecule has 0 unspecified atom stereocenters. The zero-order valence-electron chi connectivity index (χ0n) is 12.6. The number of ketones is 2. The summed E-state index contributed by atoms with van der Waals surface area (Å²) in [6.45, 7) is 0. The zero-order valence-corrected chi connectivity index (χ0v) is 15.6. The first kappa shape index (κ1) is 16.6. The van der Waals surface area contributed by atoms with Crippen LogP contribution in [0.1, 0.15) is 0 Å². The van der Waals surface area contributed by atoms with Crippen molar-refractivity contribution in [2.75, 3.05) is 14.2 Å². The van der Waals surface area contributed by atoms with Crippen LogP contribution in [0.3, 0.4) is 0 Å². The van der Waals surface area contributed by atoms with Crippen molar-refractivity contribution < 1.29 is 19.2 Å². The van der Waals surface area contributed by atoms with Gasteiger partial charge in [-0.1, -0.05) is 5.19 Å². The topological polar surface area (TPSA) is 74.6 Å². The minimum Gasteiger partial charge on any atom is -0.497 e. The van der Waals surface area contributed by atoms with E-state index in [1.54, 1.807) is 12.1 Å². The summed E-state index contributed by atoms with van der Waals surface area (Å²) in [6, 6.07) is 3.26. The van der Waals surface area contributed by atoms with Gasteiger partial charge in [-0.15, -0.1) is 4.73 Å². The molecule has 2 aromatic rings. The fourth-order valence-electron chi connectivity index (χ4n) is 2.70. The van der Waals surface area contributed by atoms with Gasteiger partial charge in [0.25, 0.3) is 5.56 Å². The molecule has 1 aliphatic carbocycles. The number of Topliss-reactive ketones (excluding diaryl/α,β-unsaturated/α-hetero) is 2. The number of carbonyl (C=O) groups is 2. The number of benzene rings is 1. The third kappa shape index (κ3) is 2.08. The van der Waals surface area contributed by atoms with E-state index < -0.39 is 17.1 Å². The third-order valence-corrected chi connectivity index (χ3v) is 5.12. The van der Waals surface area contributed by atoms with Crippen molar-refractivity contribution in [1.82, 2.24) is 4.73 Å². The highest BCUT2D eigenvalue weighted by molar-refractivity contribution is 6.82. The molecule has 1 aromatic heterocycles. The smallest absolute Gasteiger partial charge is 0.291 e. The second-order valence-corrected chi connectivity index (χ2v) is 6.55. The van der Waals surface area contributed by atoms with E-state index >= 15 is 0 Å². The first-order valence-electron chi connectivity index (χ1n) is 6.67. The Morgan fingerprint density at radius 2 is 1.58 bits per heavy atom. The Kier molecular flexibility index (Phi) is 3.94. The lowest BCUT2D eigenvalue weighted by Gasteiger charge is -2.17. The number of methoxy groups -OCH3 is 1. The molecule has 0 N–H and O–H groups in total. The van der Waals surface area contributed by atoms with Crippen LogP contribution in [0.4, 0.5) is 0 Å². The van der Waals surface area contributed by atoms with Crippen LogP contribution in [-0.4, -0.2) is 61.2 Å². The molecule has 24 heavy (non-hydrogen) atoms. The van der Waals surface area contributed by atoms with Crippen LogP contribution in [0, 0.1) is 0 Å². The van der Waals surface area contributed by atoms with E-state index in [2.05, 4.69) is 30.7 Å². The Morgan fingerprint density at radius 1 is 0.958 bits per heavy atom. The second-order valence-electron chi connectivity index (χ2n) is 5.01. The Hall–Kier alpha value is -2.24. The first-order valence-corrected chi connectivity index (χ1v) is 8.17. The summed E-state index contributed by atoms with van der Waals surface area (Å²) in [5.41, 5.74) is -0.476. The highest BCUT2D eigenvalue weighted by atomic mass is 28.2. The van der Waals surface area contributed by atoms with Crippen LogP contribution in [0.5, 0.6) is 5.75 Å². The predicted molar refractivity (Wildman–Crippen MR) is 90.2 cm³/mol. The van der Waals surface area contributed by atoms with Crippen LogP contribution in [-0.2, 0) is 9.59 Å². The maximum atomic E-state index is 12.8.